The van der Waals surface area contributed by atoms with Crippen LogP contribution in [0.5, 0.6) is 5.75 Å². The third-order valence-electron chi connectivity index (χ3n) is 8.52. The molecule has 0 heterocycles. The van der Waals surface area contributed by atoms with Gasteiger partial charge < -0.3 is 0 Å². The van der Waals surface area contributed by atoms with Crippen LogP contribution < -0.4 is 26.0 Å². The highest BCUT2D eigenvalue weighted by Gasteiger charge is 2.52. The lowest BCUT2D eigenvalue weighted by atomic mass is 9.12. The Bertz CT molecular complexity index is 2060. The average Bonchev–Trinajstić information content (AvgIpc) is 3.18. The molecule has 0 radical (unpaired) electrons. The van der Waals surface area contributed by atoms with Crippen molar-refractivity contribution in [3.8, 4) is 5.75 Å². The summed E-state index contributed by atoms with van der Waals surface area (Å²) in [4.78, 5) is 0. The van der Waals surface area contributed by atoms with Gasteiger partial charge in [-0.1, -0.05) is 26.0 Å². The minimum atomic E-state index is -7.22. The fraction of sp³-hybridized carbons (Fsp3) is 0.143. The zero-order valence-corrected chi connectivity index (χ0v) is 29.7. The molecule has 0 saturated heterocycles. The highest BCUT2D eigenvalue weighted by Crippen LogP contribution is 2.31. The van der Waals surface area contributed by atoms with Gasteiger partial charge in [0, 0.05) is 0 Å². The van der Waals surface area contributed by atoms with Crippen LogP contribution in [0.1, 0.15) is 25.3 Å². The van der Waals surface area contributed by atoms with Crippen LogP contribution in [0, 0.1) is 116 Å². The molecule has 5 aromatic carbocycles. The fourth-order valence-corrected chi connectivity index (χ4v) is 6.47. The topological polar surface area (TPSA) is 9.23 Å². The molecule has 0 aliphatic heterocycles. The molecule has 0 unspecified atom stereocenters. The number of halogens is 20. The third kappa shape index (κ3) is 7.18. The zero-order chi connectivity index (χ0) is 44.2. The van der Waals surface area contributed by atoms with Gasteiger partial charge in [0.25, 0.3) is 0 Å². The van der Waals surface area contributed by atoms with E-state index in [1.165, 1.54) is 5.56 Å². The normalized spacial score (nSPS) is 11.8. The molecular formula is C35H17BF20OS. The summed E-state index contributed by atoms with van der Waals surface area (Å²) in [5.74, 6) is -69.8. The van der Waals surface area contributed by atoms with Crippen molar-refractivity contribution in [2.24, 2.45) is 0 Å². The molecule has 1 nitrogen and oxygen atoms in total. The maximum atomic E-state index is 15.4. The van der Waals surface area contributed by atoms with Crippen LogP contribution in [0.15, 0.2) is 24.3 Å². The van der Waals surface area contributed by atoms with Crippen molar-refractivity contribution in [1.29, 1.82) is 0 Å². The lowest BCUT2D eigenvalue weighted by molar-refractivity contribution is 0.378. The monoisotopic (exact) mass is 876 g/mol. The van der Waals surface area contributed by atoms with Crippen molar-refractivity contribution in [3.63, 3.8) is 0 Å². The molecule has 0 N–H and O–H groups in total. The second-order valence-electron chi connectivity index (χ2n) is 12.3. The molecule has 0 amide bonds. The van der Waals surface area contributed by atoms with Crippen LogP contribution in [-0.4, -0.2) is 18.7 Å². The molecule has 0 saturated carbocycles. The lowest BCUT2D eigenvalue weighted by Crippen LogP contribution is -2.81. The second kappa shape index (κ2) is 16.6. The van der Waals surface area contributed by atoms with Crippen LogP contribution >= 0.6 is 0 Å². The van der Waals surface area contributed by atoms with E-state index in [4.69, 9.17) is 4.18 Å². The molecule has 23 heteroatoms. The summed E-state index contributed by atoms with van der Waals surface area (Å²) in [5, 5.41) is 0. The second-order valence-corrected chi connectivity index (χ2v) is 14.0. The van der Waals surface area contributed by atoms with Gasteiger partial charge in [-0.15, -0.1) is 21.9 Å². The van der Waals surface area contributed by atoms with Crippen LogP contribution in [0.25, 0.3) is 0 Å². The van der Waals surface area contributed by atoms with Crippen molar-refractivity contribution >= 4 is 39.2 Å². The predicted octanol–water partition coefficient (Wildman–Crippen LogP) is 8.83. The van der Waals surface area contributed by atoms with Gasteiger partial charge in [-0.2, -0.15) is 0 Å². The first-order chi connectivity index (χ1) is 26.8. The lowest BCUT2D eigenvalue weighted by Gasteiger charge is -2.44. The average molecular weight is 876 g/mol. The first-order valence-corrected chi connectivity index (χ1v) is 17.4. The molecular weight excluding hydrogens is 859 g/mol. The first kappa shape index (κ1) is 45.6. The van der Waals surface area contributed by atoms with Gasteiger partial charge >= 0.3 is 0 Å². The number of hydrogen-bond acceptors (Lipinski definition) is 1. The van der Waals surface area contributed by atoms with E-state index in [0.717, 1.165) is 5.75 Å². The van der Waals surface area contributed by atoms with E-state index in [-0.39, 0.29) is 11.2 Å². The smallest absolute Gasteiger partial charge is 0.200 e. The Kier molecular flexibility index (Phi) is 13.1. The van der Waals surface area contributed by atoms with Crippen molar-refractivity contribution in [3.05, 3.63) is 146 Å². The molecule has 0 aromatic heterocycles. The Morgan fingerprint density at radius 1 is 0.345 bits per heavy atom. The number of benzene rings is 5. The molecule has 0 fully saturated rings. The van der Waals surface area contributed by atoms with Crippen LogP contribution in [-0.2, 0) is 11.2 Å². The van der Waals surface area contributed by atoms with E-state index in [0.29, 0.717) is 5.92 Å². The number of rotatable bonds is 7. The Morgan fingerprint density at radius 3 is 0.707 bits per heavy atom. The molecule has 0 spiro atoms. The highest BCUT2D eigenvalue weighted by molar-refractivity contribution is 7.91. The summed E-state index contributed by atoms with van der Waals surface area (Å²) in [6.45, 7) is 4.39. The summed E-state index contributed by atoms with van der Waals surface area (Å²) in [6, 6.07) is 8.35. The maximum Gasteiger partial charge on any atom is 0.200 e. The van der Waals surface area contributed by atoms with Gasteiger partial charge in [-0.05, 0) is 23.6 Å². The summed E-state index contributed by atoms with van der Waals surface area (Å²) in [5.41, 5.74) is -13.0. The third-order valence-corrected chi connectivity index (χ3v) is 9.04. The summed E-state index contributed by atoms with van der Waals surface area (Å²) >= 11 is 0.0161. The molecule has 5 aromatic rings. The van der Waals surface area contributed by atoms with Gasteiger partial charge in [0.1, 0.15) is 65.2 Å². The first-order valence-electron chi connectivity index (χ1n) is 15.4. The standard InChI is InChI=1S/C24BF20.C11H17OS/c26-5-1(6(27)14(35)21(42)13(5)34)25(2-7(28)15(36)22(43)16(37)8(2)29,3-9(30)17(38)23(44)18(39)10(3)31)4-11(32)19(40)24(45)20(41)12(4)33;1-9(2)10-5-7-11(8-6-10)12-13(3)4/h;5-9H,1-4H3/q-1;+1. The Balaban J connectivity index is 0.000000486. The summed E-state index contributed by atoms with van der Waals surface area (Å²) in [6.07, 6.45) is -3.09. The number of hydrogen-bond donors (Lipinski definition) is 0. The Hall–Kier alpha value is -5.09. The zero-order valence-electron chi connectivity index (χ0n) is 28.8. The van der Waals surface area contributed by atoms with E-state index in [1.807, 2.05) is 12.1 Å². The van der Waals surface area contributed by atoms with Gasteiger partial charge in [0.2, 0.25) is 0 Å². The molecule has 312 valence electrons. The Labute approximate surface area is 315 Å². The maximum absolute atomic E-state index is 15.4. The highest BCUT2D eigenvalue weighted by atomic mass is 32.2. The van der Waals surface area contributed by atoms with Crippen molar-refractivity contribution in [2.75, 3.05) is 12.5 Å². The molecule has 0 bridgehead atoms. The minimum Gasteiger partial charge on any atom is -0.287 e. The fourth-order valence-electron chi connectivity index (χ4n) is 5.97. The van der Waals surface area contributed by atoms with Gasteiger partial charge in [-0.25, -0.2) is 87.8 Å². The van der Waals surface area contributed by atoms with Crippen molar-refractivity contribution in [2.45, 2.75) is 19.8 Å². The van der Waals surface area contributed by atoms with E-state index >= 15 is 35.1 Å². The van der Waals surface area contributed by atoms with Gasteiger partial charge in [0.15, 0.2) is 86.7 Å². The van der Waals surface area contributed by atoms with E-state index < -0.39 is 144 Å². The summed E-state index contributed by atoms with van der Waals surface area (Å²) in [7, 11) is 0. The van der Waals surface area contributed by atoms with Gasteiger partial charge in [-0.3, -0.25) is 4.18 Å². The molecule has 0 atom stereocenters. The SMILES string of the molecule is CC(C)c1ccc(O[S+](C)C)cc1.Fc1c(F)c(F)c([B-](c2c(F)c(F)c(F)c(F)c2F)(c2c(F)c(F)c(F)c(F)c2F)c2c(F)c(F)c(F)c(F)c2F)c(F)c1F. The quantitative estimate of drug-likeness (QED) is 0.0523. The van der Waals surface area contributed by atoms with E-state index in [2.05, 4.69) is 38.5 Å². The van der Waals surface area contributed by atoms with Crippen LogP contribution in [0.2, 0.25) is 0 Å². The molecule has 5 rings (SSSR count). The van der Waals surface area contributed by atoms with Crippen LogP contribution in [0.3, 0.4) is 0 Å². The van der Waals surface area contributed by atoms with Crippen LogP contribution in [0.4, 0.5) is 87.8 Å². The largest absolute Gasteiger partial charge is 0.287 e. The minimum absolute atomic E-state index is 0.0161. The van der Waals surface area contributed by atoms with Crippen molar-refractivity contribution < 1.29 is 92.0 Å². The molecule has 0 aliphatic rings. The van der Waals surface area contributed by atoms with E-state index in [9.17, 15) is 52.7 Å². The summed E-state index contributed by atoms with van der Waals surface area (Å²) < 4.78 is 300. The molecule has 58 heavy (non-hydrogen) atoms. The van der Waals surface area contributed by atoms with Gasteiger partial charge in [0.05, 0.1) is 0 Å². The Morgan fingerprint density at radius 2 is 0.534 bits per heavy atom. The van der Waals surface area contributed by atoms with Crippen molar-refractivity contribution in [1.82, 2.24) is 0 Å². The van der Waals surface area contributed by atoms with E-state index in [1.54, 1.807) is 0 Å². The molecule has 0 aliphatic carbocycles. The predicted molar refractivity (Wildman–Crippen MR) is 170 cm³/mol.